The number of rotatable bonds is 14. The molecule has 4 atom stereocenters. The van der Waals surface area contributed by atoms with Gasteiger partial charge in [0.2, 0.25) is 11.8 Å². The van der Waals surface area contributed by atoms with E-state index >= 15 is 0 Å². The number of hydrogen-bond donors (Lipinski definition) is 2. The first-order valence-corrected chi connectivity index (χ1v) is 14.6. The average molecular weight is 542 g/mol. The normalized spacial score (nSPS) is 25.2. The average Bonchev–Trinajstić information content (AvgIpc) is 3.59. The van der Waals surface area contributed by atoms with Crippen LogP contribution in [0.25, 0.3) is 6.08 Å². The third-order valence-corrected chi connectivity index (χ3v) is 8.49. The van der Waals surface area contributed by atoms with Crippen molar-refractivity contribution in [3.05, 3.63) is 40.4 Å². The first kappa shape index (κ1) is 29.3. The number of nitrogens with zero attached hydrogens (tertiary/aromatic N) is 1. The van der Waals surface area contributed by atoms with Gasteiger partial charge in [0, 0.05) is 18.9 Å². The minimum atomic E-state index is -0.820. The molecule has 2 amide bonds. The lowest BCUT2D eigenvalue weighted by molar-refractivity contribution is -0.141. The summed E-state index contributed by atoms with van der Waals surface area (Å²) in [5.74, 6) is -0.147. The van der Waals surface area contributed by atoms with Gasteiger partial charge in [0.15, 0.2) is 0 Å². The Morgan fingerprint density at radius 1 is 1.10 bits per heavy atom. The number of carboxylic acids is 1. The fourth-order valence-electron chi connectivity index (χ4n) is 6.63. The summed E-state index contributed by atoms with van der Waals surface area (Å²) in [5, 5.41) is 18.2. The molecule has 1 aromatic rings. The van der Waals surface area contributed by atoms with Crippen LogP contribution in [0.2, 0.25) is 0 Å². The van der Waals surface area contributed by atoms with E-state index in [9.17, 15) is 19.5 Å². The van der Waals surface area contributed by atoms with Crippen LogP contribution in [-0.4, -0.2) is 52.2 Å². The molecule has 0 radical (unpaired) electrons. The van der Waals surface area contributed by atoms with Gasteiger partial charge < -0.3 is 19.4 Å². The van der Waals surface area contributed by atoms with Crippen LogP contribution in [0, 0.1) is 23.7 Å². The highest BCUT2D eigenvalue weighted by Crippen LogP contribution is 2.51. The maximum atomic E-state index is 13.5. The minimum Gasteiger partial charge on any atom is -0.481 e. The quantitative estimate of drug-likeness (QED) is 0.185. The van der Waals surface area contributed by atoms with Crippen LogP contribution in [-0.2, 0) is 25.7 Å². The zero-order valence-electron chi connectivity index (χ0n) is 23.5. The fraction of sp³-hybridized carbons (Fsp3) is 0.645. The number of carbonyl (C=O) groups excluding carboxylic acids is 2. The fourth-order valence-corrected chi connectivity index (χ4v) is 6.63. The van der Waals surface area contributed by atoms with E-state index in [-0.39, 0.29) is 54.6 Å². The van der Waals surface area contributed by atoms with Crippen molar-refractivity contribution in [3.8, 4) is 0 Å². The zero-order chi connectivity index (χ0) is 28.1. The van der Waals surface area contributed by atoms with E-state index in [1.54, 1.807) is 6.07 Å². The number of unbranched alkanes of at least 4 members (excludes halogenated alkanes) is 2. The van der Waals surface area contributed by atoms with E-state index in [2.05, 4.69) is 26.8 Å². The Hall–Kier alpha value is -2.71. The van der Waals surface area contributed by atoms with E-state index in [1.807, 2.05) is 6.07 Å². The Kier molecular flexibility index (Phi) is 9.83. The molecule has 1 aliphatic carbocycles. The Balaban J connectivity index is 1.46. The van der Waals surface area contributed by atoms with Crippen molar-refractivity contribution in [1.29, 1.82) is 0 Å². The summed E-state index contributed by atoms with van der Waals surface area (Å²) in [6.45, 7) is 7.19. The molecule has 3 heterocycles. The van der Waals surface area contributed by atoms with Gasteiger partial charge in [-0.1, -0.05) is 44.8 Å². The van der Waals surface area contributed by atoms with Crippen LogP contribution in [0.3, 0.4) is 0 Å². The number of allylic oxidation sites excluding steroid dienone is 2. The number of imide groups is 1. The first-order chi connectivity index (χ1) is 18.7. The number of aliphatic hydroxyl groups excluding tert-OH is 1. The van der Waals surface area contributed by atoms with Gasteiger partial charge in [0.25, 0.3) is 0 Å². The Bertz CT molecular complexity index is 1110. The first-order valence-electron chi connectivity index (χ1n) is 14.6. The third kappa shape index (κ3) is 6.55. The number of carbonyl (C=O) groups is 3. The molecule has 2 N–H and O–H groups in total. The van der Waals surface area contributed by atoms with Gasteiger partial charge in [-0.15, -0.1) is 0 Å². The summed E-state index contributed by atoms with van der Waals surface area (Å²) >= 11 is 0. The van der Waals surface area contributed by atoms with Gasteiger partial charge in [0.1, 0.15) is 18.1 Å². The number of likely N-dealkylation sites (tertiary alicyclic amines) is 1. The lowest BCUT2D eigenvalue weighted by Gasteiger charge is -2.33. The molecule has 0 aromatic carbocycles. The molecule has 0 spiro atoms. The zero-order valence-corrected chi connectivity index (χ0v) is 23.5. The SMILES string of the molecule is CCC/C(=C\c1ccc(CO)o1)CC[C@H]1OC[C@H]2C1=C(C(C)C)C[C@H]1C(=O)N(CCCCCC(=O)O)C(=O)[C@H]12. The molecule has 2 saturated heterocycles. The van der Waals surface area contributed by atoms with Crippen molar-refractivity contribution < 1.29 is 33.8 Å². The van der Waals surface area contributed by atoms with E-state index in [0.29, 0.717) is 44.6 Å². The van der Waals surface area contributed by atoms with Crippen LogP contribution in [0.15, 0.2) is 33.3 Å². The van der Waals surface area contributed by atoms with Crippen molar-refractivity contribution in [1.82, 2.24) is 4.90 Å². The summed E-state index contributed by atoms with van der Waals surface area (Å²) in [5.41, 5.74) is 3.78. The van der Waals surface area contributed by atoms with Crippen LogP contribution >= 0.6 is 0 Å². The topological polar surface area (TPSA) is 117 Å². The number of fused-ring (bicyclic) bond motifs is 3. The number of aliphatic hydroxyl groups is 1. The lowest BCUT2D eigenvalue weighted by atomic mass is 9.67. The summed E-state index contributed by atoms with van der Waals surface area (Å²) in [7, 11) is 0. The highest BCUT2D eigenvalue weighted by molar-refractivity contribution is 6.06. The molecule has 0 saturated carbocycles. The minimum absolute atomic E-state index is 0.0598. The summed E-state index contributed by atoms with van der Waals surface area (Å²) in [6, 6.07) is 3.67. The van der Waals surface area contributed by atoms with Crippen LogP contribution in [0.5, 0.6) is 0 Å². The predicted octanol–water partition coefficient (Wildman–Crippen LogP) is 5.35. The van der Waals surface area contributed by atoms with Crippen molar-refractivity contribution in [2.45, 2.75) is 91.3 Å². The summed E-state index contributed by atoms with van der Waals surface area (Å²) in [6.07, 6.45) is 8.21. The largest absolute Gasteiger partial charge is 0.481 e. The molecule has 2 fully saturated rings. The number of amides is 2. The molecule has 39 heavy (non-hydrogen) atoms. The van der Waals surface area contributed by atoms with E-state index < -0.39 is 5.97 Å². The van der Waals surface area contributed by atoms with Crippen molar-refractivity contribution in [2.24, 2.45) is 23.7 Å². The number of hydrogen-bond acceptors (Lipinski definition) is 6. The van der Waals surface area contributed by atoms with Crippen LogP contribution < -0.4 is 0 Å². The standard InChI is InChI=1S/C31H43NO7/c1-4-8-20(15-21-11-12-22(17-33)39-21)10-13-26-28-23(19(2)3)16-24-29(25(28)18-38-26)31(37)32(30(24)36)14-7-5-6-9-27(34)35/h11-12,15,19,24-26,29,33H,4-10,13-14,16-18H2,1-3H3,(H,34,35)/b20-15+/t24-,25+,26-,29-/m1/s1. The van der Waals surface area contributed by atoms with Crippen molar-refractivity contribution >= 4 is 23.9 Å². The molecule has 0 unspecified atom stereocenters. The molecule has 8 heteroatoms. The smallest absolute Gasteiger partial charge is 0.303 e. The molecular weight excluding hydrogens is 498 g/mol. The van der Waals surface area contributed by atoms with E-state index in [0.717, 1.165) is 31.4 Å². The highest BCUT2D eigenvalue weighted by atomic mass is 16.5. The maximum Gasteiger partial charge on any atom is 0.303 e. The third-order valence-electron chi connectivity index (χ3n) is 8.49. The van der Waals surface area contributed by atoms with Crippen LogP contribution in [0.1, 0.15) is 90.1 Å². The number of furan rings is 1. The molecule has 214 valence electrons. The molecule has 8 nitrogen and oxygen atoms in total. The molecular formula is C31H43NO7. The van der Waals surface area contributed by atoms with E-state index in [4.69, 9.17) is 14.3 Å². The number of ether oxygens (including phenoxy) is 1. The van der Waals surface area contributed by atoms with Crippen molar-refractivity contribution in [3.63, 3.8) is 0 Å². The highest BCUT2D eigenvalue weighted by Gasteiger charge is 2.56. The Morgan fingerprint density at radius 3 is 2.56 bits per heavy atom. The summed E-state index contributed by atoms with van der Waals surface area (Å²) < 4.78 is 12.0. The monoisotopic (exact) mass is 541 g/mol. The molecule has 1 aromatic heterocycles. The molecule has 0 bridgehead atoms. The van der Waals surface area contributed by atoms with Gasteiger partial charge in [-0.25, -0.2) is 0 Å². The van der Waals surface area contributed by atoms with Gasteiger partial charge in [-0.3, -0.25) is 19.3 Å². The number of carboxylic acid groups (broad SMARTS) is 1. The van der Waals surface area contributed by atoms with Gasteiger partial charge in [-0.05, 0) is 68.2 Å². The Labute approximate surface area is 231 Å². The predicted molar refractivity (Wildman–Crippen MR) is 146 cm³/mol. The molecule has 4 rings (SSSR count). The maximum absolute atomic E-state index is 13.5. The van der Waals surface area contributed by atoms with Gasteiger partial charge in [-0.2, -0.15) is 0 Å². The van der Waals surface area contributed by atoms with Gasteiger partial charge >= 0.3 is 5.97 Å². The second-order valence-electron chi connectivity index (χ2n) is 11.5. The molecule has 2 aliphatic heterocycles. The summed E-state index contributed by atoms with van der Waals surface area (Å²) in [4.78, 5) is 39.1. The van der Waals surface area contributed by atoms with Crippen LogP contribution in [0.4, 0.5) is 0 Å². The second kappa shape index (κ2) is 13.1. The Morgan fingerprint density at radius 2 is 1.90 bits per heavy atom. The second-order valence-corrected chi connectivity index (χ2v) is 11.5. The lowest BCUT2D eigenvalue weighted by Crippen LogP contribution is -2.35. The van der Waals surface area contributed by atoms with Crippen molar-refractivity contribution in [2.75, 3.05) is 13.2 Å². The van der Waals surface area contributed by atoms with Gasteiger partial charge in [0.05, 0.1) is 24.5 Å². The molecule has 3 aliphatic rings. The van der Waals surface area contributed by atoms with E-state index in [1.165, 1.54) is 21.6 Å². The number of aliphatic carboxylic acids is 1.